The predicted molar refractivity (Wildman–Crippen MR) is 69.6 cm³/mol. The van der Waals surface area contributed by atoms with Crippen molar-refractivity contribution in [3.8, 4) is 0 Å². The maximum absolute atomic E-state index is 11.6. The molecule has 0 amide bonds. The molecule has 1 aliphatic carbocycles. The highest BCUT2D eigenvalue weighted by molar-refractivity contribution is 5.75. The highest BCUT2D eigenvalue weighted by Crippen LogP contribution is 2.32. The molecule has 0 aromatic carbocycles. The molecule has 1 heterocycles. The molecule has 1 saturated heterocycles. The summed E-state index contributed by atoms with van der Waals surface area (Å²) in [6.45, 7) is 4.71. The predicted octanol–water partition coefficient (Wildman–Crippen LogP) is 2.13. The second kappa shape index (κ2) is 6.02. The van der Waals surface area contributed by atoms with E-state index >= 15 is 0 Å². The third kappa shape index (κ3) is 2.86. The van der Waals surface area contributed by atoms with Gasteiger partial charge in [0.25, 0.3) is 0 Å². The molecule has 18 heavy (non-hydrogen) atoms. The van der Waals surface area contributed by atoms with E-state index in [1.807, 2.05) is 0 Å². The van der Waals surface area contributed by atoms with Crippen LogP contribution in [-0.4, -0.2) is 48.3 Å². The van der Waals surface area contributed by atoms with Gasteiger partial charge in [-0.05, 0) is 25.8 Å². The third-order valence-corrected chi connectivity index (χ3v) is 4.56. The summed E-state index contributed by atoms with van der Waals surface area (Å²) in [5.41, 5.74) is -0.659. The van der Waals surface area contributed by atoms with Gasteiger partial charge in [0, 0.05) is 19.2 Å². The van der Waals surface area contributed by atoms with Crippen molar-refractivity contribution < 1.29 is 14.6 Å². The van der Waals surface area contributed by atoms with E-state index in [9.17, 15) is 9.90 Å². The number of aliphatic carboxylic acids is 1. The topological polar surface area (TPSA) is 49.8 Å². The largest absolute Gasteiger partial charge is 0.481 e. The fourth-order valence-corrected chi connectivity index (χ4v) is 3.30. The number of rotatable bonds is 5. The van der Waals surface area contributed by atoms with E-state index in [0.29, 0.717) is 32.2 Å². The van der Waals surface area contributed by atoms with Gasteiger partial charge in [0.05, 0.1) is 6.61 Å². The van der Waals surface area contributed by atoms with Crippen molar-refractivity contribution in [1.82, 2.24) is 4.90 Å². The molecule has 1 aliphatic heterocycles. The minimum absolute atomic E-state index is 0.381. The minimum Gasteiger partial charge on any atom is -0.481 e. The minimum atomic E-state index is -0.686. The second-order valence-electron chi connectivity index (χ2n) is 5.74. The Morgan fingerprint density at radius 3 is 2.61 bits per heavy atom. The highest BCUT2D eigenvalue weighted by atomic mass is 16.5. The molecular weight excluding hydrogens is 230 g/mol. The first-order valence-electron chi connectivity index (χ1n) is 7.23. The summed E-state index contributed by atoms with van der Waals surface area (Å²) in [6, 6.07) is 0.584. The quantitative estimate of drug-likeness (QED) is 0.817. The van der Waals surface area contributed by atoms with E-state index in [0.717, 1.165) is 6.54 Å². The van der Waals surface area contributed by atoms with Crippen molar-refractivity contribution in [3.05, 3.63) is 0 Å². The van der Waals surface area contributed by atoms with Gasteiger partial charge < -0.3 is 9.84 Å². The Balaban J connectivity index is 2.01. The first-order valence-corrected chi connectivity index (χ1v) is 7.23. The molecule has 2 rings (SSSR count). The Morgan fingerprint density at radius 2 is 2.11 bits per heavy atom. The zero-order valence-corrected chi connectivity index (χ0v) is 11.4. The zero-order chi connectivity index (χ0) is 13.0. The van der Waals surface area contributed by atoms with Crippen molar-refractivity contribution in [2.75, 3.05) is 26.3 Å². The second-order valence-corrected chi connectivity index (χ2v) is 5.74. The lowest BCUT2D eigenvalue weighted by Gasteiger charge is -2.38. The van der Waals surface area contributed by atoms with Crippen LogP contribution >= 0.6 is 0 Å². The maximum Gasteiger partial charge on any atom is 0.313 e. The van der Waals surface area contributed by atoms with Crippen LogP contribution in [0.3, 0.4) is 0 Å². The van der Waals surface area contributed by atoms with Gasteiger partial charge >= 0.3 is 5.97 Å². The smallest absolute Gasteiger partial charge is 0.313 e. The van der Waals surface area contributed by atoms with Crippen molar-refractivity contribution in [2.45, 2.75) is 51.5 Å². The van der Waals surface area contributed by atoms with E-state index < -0.39 is 11.4 Å². The monoisotopic (exact) mass is 255 g/mol. The molecule has 2 aliphatic rings. The van der Waals surface area contributed by atoms with E-state index in [-0.39, 0.29) is 0 Å². The van der Waals surface area contributed by atoms with Crippen molar-refractivity contribution in [3.63, 3.8) is 0 Å². The molecule has 104 valence electrons. The Morgan fingerprint density at radius 1 is 1.39 bits per heavy atom. The van der Waals surface area contributed by atoms with Gasteiger partial charge in [-0.3, -0.25) is 9.69 Å². The summed E-state index contributed by atoms with van der Waals surface area (Å²) in [5.74, 6) is -0.686. The fraction of sp³-hybridized carbons (Fsp3) is 0.929. The molecular formula is C14H25NO3. The lowest BCUT2D eigenvalue weighted by atomic mass is 9.85. The van der Waals surface area contributed by atoms with Crippen LogP contribution in [0.5, 0.6) is 0 Å². The molecule has 1 saturated carbocycles. The lowest BCUT2D eigenvalue weighted by molar-refractivity contribution is -0.150. The van der Waals surface area contributed by atoms with Crippen LogP contribution in [0.4, 0.5) is 0 Å². The number of carbonyl (C=O) groups is 1. The van der Waals surface area contributed by atoms with Crippen LogP contribution in [0.15, 0.2) is 0 Å². The molecule has 0 radical (unpaired) electrons. The molecule has 4 nitrogen and oxygen atoms in total. The summed E-state index contributed by atoms with van der Waals surface area (Å²) in [7, 11) is 0. The highest BCUT2D eigenvalue weighted by Gasteiger charge is 2.44. The first kappa shape index (κ1) is 13.8. The summed E-state index contributed by atoms with van der Waals surface area (Å²) in [5, 5.41) is 9.50. The third-order valence-electron chi connectivity index (χ3n) is 4.56. The van der Waals surface area contributed by atoms with E-state index in [1.165, 1.54) is 32.1 Å². The number of hydrogen-bond acceptors (Lipinski definition) is 3. The summed E-state index contributed by atoms with van der Waals surface area (Å²) in [6.07, 6.45) is 7.02. The zero-order valence-electron chi connectivity index (χ0n) is 11.4. The normalized spacial score (nSPS) is 29.9. The number of carboxylic acids is 1. The SMILES string of the molecule is CCN(CC1(C(=O)O)CCOC1)C1CCCCC1. The summed E-state index contributed by atoms with van der Waals surface area (Å²) < 4.78 is 5.35. The standard InChI is InChI=1S/C14H25NO3/c1-2-15(12-6-4-3-5-7-12)10-14(13(16)17)8-9-18-11-14/h12H,2-11H2,1H3,(H,16,17). The van der Waals surface area contributed by atoms with Crippen LogP contribution in [0.1, 0.15) is 45.4 Å². The van der Waals surface area contributed by atoms with Crippen molar-refractivity contribution in [1.29, 1.82) is 0 Å². The van der Waals surface area contributed by atoms with Gasteiger partial charge in [-0.25, -0.2) is 0 Å². The Hall–Kier alpha value is -0.610. The van der Waals surface area contributed by atoms with E-state index in [1.54, 1.807) is 0 Å². The van der Waals surface area contributed by atoms with Gasteiger partial charge in [0.15, 0.2) is 0 Å². The van der Waals surface area contributed by atoms with Crippen LogP contribution in [0.25, 0.3) is 0 Å². The Labute approximate surface area is 109 Å². The lowest BCUT2D eigenvalue weighted by Crippen LogP contribution is -2.48. The maximum atomic E-state index is 11.6. The van der Waals surface area contributed by atoms with Crippen LogP contribution in [0.2, 0.25) is 0 Å². The van der Waals surface area contributed by atoms with Gasteiger partial charge in [0.2, 0.25) is 0 Å². The molecule has 0 spiro atoms. The van der Waals surface area contributed by atoms with E-state index in [2.05, 4.69) is 11.8 Å². The van der Waals surface area contributed by atoms with Gasteiger partial charge in [0.1, 0.15) is 5.41 Å². The fourth-order valence-electron chi connectivity index (χ4n) is 3.30. The Kier molecular flexibility index (Phi) is 4.62. The molecule has 4 heteroatoms. The average molecular weight is 255 g/mol. The molecule has 1 atom stereocenters. The molecule has 1 unspecified atom stereocenters. The molecule has 0 bridgehead atoms. The number of ether oxygens (including phenoxy) is 1. The van der Waals surface area contributed by atoms with Crippen LogP contribution < -0.4 is 0 Å². The molecule has 0 aromatic rings. The Bertz CT molecular complexity index is 281. The van der Waals surface area contributed by atoms with Crippen LogP contribution in [-0.2, 0) is 9.53 Å². The summed E-state index contributed by atoms with van der Waals surface area (Å²) >= 11 is 0. The average Bonchev–Trinajstić information content (AvgIpc) is 2.87. The van der Waals surface area contributed by atoms with E-state index in [4.69, 9.17) is 4.74 Å². The molecule has 2 fully saturated rings. The number of nitrogens with zero attached hydrogens (tertiary/aromatic N) is 1. The molecule has 1 N–H and O–H groups in total. The number of carboxylic acid groups (broad SMARTS) is 1. The van der Waals surface area contributed by atoms with Crippen molar-refractivity contribution >= 4 is 5.97 Å². The summed E-state index contributed by atoms with van der Waals surface area (Å²) in [4.78, 5) is 13.9. The molecule has 0 aromatic heterocycles. The number of hydrogen-bond donors (Lipinski definition) is 1. The van der Waals surface area contributed by atoms with Gasteiger partial charge in [-0.15, -0.1) is 0 Å². The first-order chi connectivity index (χ1) is 8.68. The van der Waals surface area contributed by atoms with Crippen molar-refractivity contribution in [2.24, 2.45) is 5.41 Å². The van der Waals surface area contributed by atoms with Gasteiger partial charge in [-0.1, -0.05) is 26.2 Å². The van der Waals surface area contributed by atoms with Crippen LogP contribution in [0, 0.1) is 5.41 Å². The van der Waals surface area contributed by atoms with Gasteiger partial charge in [-0.2, -0.15) is 0 Å².